The summed E-state index contributed by atoms with van der Waals surface area (Å²) in [5.41, 5.74) is 11.0. The summed E-state index contributed by atoms with van der Waals surface area (Å²) >= 11 is 0. The SMILES string of the molecule is COc1cc(C(N)=O)ccc1-c1cccc2cnc(Nc3ccc(C4CCN(C(=O)OC(C)(C)C)CC4)c4c3OCC4)nc12. The molecule has 0 spiro atoms. The minimum atomic E-state index is -0.520. The van der Waals surface area contributed by atoms with Gasteiger partial charge in [0.1, 0.15) is 17.1 Å². The Morgan fingerprint density at radius 3 is 2.59 bits per heavy atom. The average Bonchev–Trinajstić information content (AvgIpc) is 3.50. The molecule has 0 saturated carbocycles. The highest BCUT2D eigenvalue weighted by molar-refractivity contribution is 5.98. The third-order valence-electron chi connectivity index (χ3n) is 8.12. The van der Waals surface area contributed by atoms with E-state index in [1.54, 1.807) is 30.3 Å². The summed E-state index contributed by atoms with van der Waals surface area (Å²) in [4.78, 5) is 35.6. The second kappa shape index (κ2) is 11.7. The van der Waals surface area contributed by atoms with E-state index < -0.39 is 11.5 Å². The highest BCUT2D eigenvalue weighted by atomic mass is 16.6. The van der Waals surface area contributed by atoms with Crippen molar-refractivity contribution >= 4 is 34.5 Å². The molecule has 1 fully saturated rings. The van der Waals surface area contributed by atoms with Crippen LogP contribution >= 0.6 is 0 Å². The fraction of sp³-hybridized carbons (Fsp3) is 0.353. The van der Waals surface area contributed by atoms with Crippen molar-refractivity contribution in [2.45, 2.75) is 51.6 Å². The summed E-state index contributed by atoms with van der Waals surface area (Å²) in [5, 5.41) is 4.26. The van der Waals surface area contributed by atoms with Crippen LogP contribution < -0.4 is 20.5 Å². The number of nitrogens with two attached hydrogens (primary N) is 1. The number of hydrogen-bond donors (Lipinski definition) is 2. The maximum Gasteiger partial charge on any atom is 0.410 e. The monoisotopic (exact) mass is 595 g/mol. The molecule has 44 heavy (non-hydrogen) atoms. The van der Waals surface area contributed by atoms with Crippen LogP contribution in [0.15, 0.2) is 54.7 Å². The van der Waals surface area contributed by atoms with E-state index in [1.807, 2.05) is 51.1 Å². The highest BCUT2D eigenvalue weighted by Crippen LogP contribution is 2.43. The largest absolute Gasteiger partial charge is 0.496 e. The van der Waals surface area contributed by atoms with Gasteiger partial charge < -0.3 is 30.2 Å². The topological polar surface area (TPSA) is 129 Å². The number of amides is 2. The van der Waals surface area contributed by atoms with Gasteiger partial charge in [-0.25, -0.2) is 14.8 Å². The zero-order valence-corrected chi connectivity index (χ0v) is 25.5. The third kappa shape index (κ3) is 5.84. The molecule has 0 radical (unpaired) electrons. The van der Waals surface area contributed by atoms with Crippen molar-refractivity contribution in [3.05, 3.63) is 71.4 Å². The number of ether oxygens (including phenoxy) is 3. The molecule has 3 N–H and O–H groups in total. The van der Waals surface area contributed by atoms with Crippen LogP contribution in [0.4, 0.5) is 16.4 Å². The molecule has 0 bridgehead atoms. The lowest BCUT2D eigenvalue weighted by Gasteiger charge is -2.34. The van der Waals surface area contributed by atoms with Gasteiger partial charge in [-0.3, -0.25) is 4.79 Å². The lowest BCUT2D eigenvalue weighted by atomic mass is 9.85. The van der Waals surface area contributed by atoms with Gasteiger partial charge in [0.2, 0.25) is 11.9 Å². The molecule has 2 aliphatic heterocycles. The number of likely N-dealkylation sites (tertiary alicyclic amines) is 1. The van der Waals surface area contributed by atoms with E-state index in [9.17, 15) is 9.59 Å². The van der Waals surface area contributed by atoms with Gasteiger partial charge in [-0.05, 0) is 69.4 Å². The van der Waals surface area contributed by atoms with E-state index in [2.05, 4.69) is 16.4 Å². The molecule has 4 aromatic rings. The van der Waals surface area contributed by atoms with Crippen molar-refractivity contribution < 1.29 is 23.8 Å². The predicted octanol–water partition coefficient (Wildman–Crippen LogP) is 6.20. The number of para-hydroxylation sites is 1. The van der Waals surface area contributed by atoms with Crippen LogP contribution in [0.3, 0.4) is 0 Å². The van der Waals surface area contributed by atoms with Crippen LogP contribution in [-0.4, -0.2) is 59.3 Å². The molecule has 10 heteroatoms. The van der Waals surface area contributed by atoms with Gasteiger partial charge in [0, 0.05) is 53.3 Å². The first-order chi connectivity index (χ1) is 21.1. The highest BCUT2D eigenvalue weighted by Gasteiger charge is 2.31. The standard InChI is InChI=1S/C34H37N5O5/c1-34(2,3)44-33(41)39-15-12-20(13-16-39)23-10-11-27(30-26(23)14-17-43-30)37-32-36-19-22-6-5-7-25(29(22)38-32)24-9-8-21(31(35)40)18-28(24)42-4/h5-11,18-20H,12-17H2,1-4H3,(H2,35,40)(H,36,37,38). The van der Waals surface area contributed by atoms with Gasteiger partial charge in [0.05, 0.1) is 24.9 Å². The number of primary amides is 1. The van der Waals surface area contributed by atoms with Gasteiger partial charge in [0.15, 0.2) is 0 Å². The number of benzene rings is 3. The first-order valence-electron chi connectivity index (χ1n) is 14.9. The van der Waals surface area contributed by atoms with Crippen LogP contribution in [0.1, 0.15) is 61.0 Å². The Hall–Kier alpha value is -4.86. The third-order valence-corrected chi connectivity index (χ3v) is 8.12. The Bertz CT molecular complexity index is 1740. The number of carbonyl (C=O) groups excluding carboxylic acids is 2. The number of aromatic nitrogens is 2. The number of methoxy groups -OCH3 is 1. The van der Waals surface area contributed by atoms with E-state index in [-0.39, 0.29) is 6.09 Å². The predicted molar refractivity (Wildman–Crippen MR) is 169 cm³/mol. The number of anilines is 2. The van der Waals surface area contributed by atoms with Crippen LogP contribution in [0.25, 0.3) is 22.0 Å². The second-order valence-electron chi connectivity index (χ2n) is 12.2. The fourth-order valence-electron chi connectivity index (χ4n) is 6.02. The molecule has 0 unspecified atom stereocenters. The molecule has 0 atom stereocenters. The normalized spacial score (nSPS) is 15.0. The molecule has 2 amide bonds. The van der Waals surface area contributed by atoms with Gasteiger partial charge in [0.25, 0.3) is 0 Å². The summed E-state index contributed by atoms with van der Waals surface area (Å²) in [6.07, 6.45) is 4.11. The lowest BCUT2D eigenvalue weighted by Crippen LogP contribution is -2.41. The zero-order valence-electron chi connectivity index (χ0n) is 25.5. The number of carbonyl (C=O) groups is 2. The molecule has 228 valence electrons. The minimum absolute atomic E-state index is 0.247. The summed E-state index contributed by atoms with van der Waals surface area (Å²) in [7, 11) is 1.56. The van der Waals surface area contributed by atoms with E-state index in [4.69, 9.17) is 24.9 Å². The van der Waals surface area contributed by atoms with E-state index >= 15 is 0 Å². The first kappa shape index (κ1) is 29.2. The summed E-state index contributed by atoms with van der Waals surface area (Å²) < 4.78 is 17.3. The zero-order chi connectivity index (χ0) is 31.0. The molecular weight excluding hydrogens is 558 g/mol. The molecule has 2 aliphatic rings. The maximum atomic E-state index is 12.6. The van der Waals surface area contributed by atoms with Crippen LogP contribution in [-0.2, 0) is 11.2 Å². The quantitative estimate of drug-likeness (QED) is 0.270. The smallest absolute Gasteiger partial charge is 0.410 e. The number of hydrogen-bond acceptors (Lipinski definition) is 8. The number of fused-ring (bicyclic) bond motifs is 2. The van der Waals surface area contributed by atoms with Crippen molar-refractivity contribution in [3.63, 3.8) is 0 Å². The van der Waals surface area contributed by atoms with Crippen molar-refractivity contribution in [1.29, 1.82) is 0 Å². The van der Waals surface area contributed by atoms with Crippen LogP contribution in [0, 0.1) is 0 Å². The van der Waals surface area contributed by atoms with Gasteiger partial charge >= 0.3 is 6.09 Å². The number of piperidine rings is 1. The van der Waals surface area contributed by atoms with Crippen molar-refractivity contribution in [3.8, 4) is 22.6 Å². The number of rotatable bonds is 6. The fourth-order valence-corrected chi connectivity index (χ4v) is 6.02. The number of nitrogens with zero attached hydrogens (tertiary/aromatic N) is 3. The molecule has 10 nitrogen and oxygen atoms in total. The summed E-state index contributed by atoms with van der Waals surface area (Å²) in [5.74, 6) is 1.62. The van der Waals surface area contributed by atoms with Gasteiger partial charge in [-0.2, -0.15) is 0 Å². The molecule has 0 aliphatic carbocycles. The molecule has 1 aromatic heterocycles. The van der Waals surface area contributed by atoms with E-state index in [1.165, 1.54) is 11.1 Å². The second-order valence-corrected chi connectivity index (χ2v) is 12.2. The van der Waals surface area contributed by atoms with Crippen molar-refractivity contribution in [2.75, 3.05) is 32.1 Å². The van der Waals surface area contributed by atoms with E-state index in [0.29, 0.717) is 42.9 Å². The average molecular weight is 596 g/mol. The number of nitrogens with one attached hydrogen (secondary N) is 1. The molecular formula is C34H37N5O5. The molecule has 3 aromatic carbocycles. The first-order valence-corrected chi connectivity index (χ1v) is 14.9. The van der Waals surface area contributed by atoms with E-state index in [0.717, 1.165) is 52.7 Å². The van der Waals surface area contributed by atoms with Gasteiger partial charge in [-0.1, -0.05) is 24.3 Å². The molecule has 3 heterocycles. The minimum Gasteiger partial charge on any atom is -0.496 e. The summed E-state index contributed by atoms with van der Waals surface area (Å²) in [6, 6.07) is 15.2. The Kier molecular flexibility index (Phi) is 7.75. The molecule has 1 saturated heterocycles. The summed E-state index contributed by atoms with van der Waals surface area (Å²) in [6.45, 7) is 7.61. The lowest BCUT2D eigenvalue weighted by molar-refractivity contribution is 0.0204. The van der Waals surface area contributed by atoms with Crippen molar-refractivity contribution in [2.24, 2.45) is 5.73 Å². The Balaban J connectivity index is 1.25. The Morgan fingerprint density at radius 2 is 1.86 bits per heavy atom. The molecule has 6 rings (SSSR count). The van der Waals surface area contributed by atoms with Crippen molar-refractivity contribution in [1.82, 2.24) is 14.9 Å². The van der Waals surface area contributed by atoms with Crippen LogP contribution in [0.5, 0.6) is 11.5 Å². The maximum absolute atomic E-state index is 12.6. The van der Waals surface area contributed by atoms with Gasteiger partial charge in [-0.15, -0.1) is 0 Å². The van der Waals surface area contributed by atoms with Crippen LogP contribution in [0.2, 0.25) is 0 Å². The Morgan fingerprint density at radius 1 is 1.07 bits per heavy atom. The Labute approximate surface area is 256 Å².